The van der Waals surface area contributed by atoms with Crippen LogP contribution in [0.5, 0.6) is 11.5 Å². The van der Waals surface area contributed by atoms with Gasteiger partial charge in [-0.1, -0.05) is 50.5 Å². The van der Waals surface area contributed by atoms with E-state index in [1.807, 2.05) is 18.2 Å². The van der Waals surface area contributed by atoms with Gasteiger partial charge in [-0.3, -0.25) is 0 Å². The zero-order chi connectivity index (χ0) is 16.7. The molecule has 0 aromatic heterocycles. The van der Waals surface area contributed by atoms with Crippen molar-refractivity contribution in [1.29, 1.82) is 0 Å². The number of hydrogen-bond donors (Lipinski definition) is 0. The molecule has 0 aliphatic rings. The molecule has 4 nitrogen and oxygen atoms in total. The maximum Gasteiger partial charge on any atom is 1.00 e. The van der Waals surface area contributed by atoms with Crippen molar-refractivity contribution >= 4 is 10.1 Å². The van der Waals surface area contributed by atoms with E-state index in [4.69, 9.17) is 4.74 Å². The van der Waals surface area contributed by atoms with Gasteiger partial charge in [0.2, 0.25) is 0 Å². The van der Waals surface area contributed by atoms with Gasteiger partial charge >= 0.3 is 29.6 Å². The Balaban J connectivity index is 0.00000288. The van der Waals surface area contributed by atoms with Gasteiger partial charge in [-0.25, -0.2) is 8.42 Å². The molecular weight excluding hydrogens is 335 g/mol. The SMILES string of the molecule is CCCCCCc1c(Oc2ccccc2)cccc1S(=O)(=O)[O-].[Na+]. The number of rotatable bonds is 8. The third-order valence-corrected chi connectivity index (χ3v) is 4.53. The second-order valence-corrected chi connectivity index (χ2v) is 6.76. The Morgan fingerprint density at radius 1 is 0.958 bits per heavy atom. The molecule has 2 rings (SSSR count). The molecule has 2 aromatic carbocycles. The van der Waals surface area contributed by atoms with Gasteiger partial charge < -0.3 is 9.29 Å². The maximum atomic E-state index is 11.5. The Bertz CT molecular complexity index is 730. The monoisotopic (exact) mass is 356 g/mol. The molecule has 0 amide bonds. The molecule has 24 heavy (non-hydrogen) atoms. The van der Waals surface area contributed by atoms with Gasteiger partial charge in [0.25, 0.3) is 0 Å². The molecule has 124 valence electrons. The zero-order valence-corrected chi connectivity index (χ0v) is 17.0. The van der Waals surface area contributed by atoms with Crippen LogP contribution >= 0.6 is 0 Å². The summed E-state index contributed by atoms with van der Waals surface area (Å²) in [5.74, 6) is 1.05. The summed E-state index contributed by atoms with van der Waals surface area (Å²) in [4.78, 5) is -0.178. The molecule has 0 aliphatic carbocycles. The Morgan fingerprint density at radius 3 is 2.29 bits per heavy atom. The molecule has 2 aromatic rings. The van der Waals surface area contributed by atoms with E-state index >= 15 is 0 Å². The Kier molecular flexibility index (Phi) is 9.02. The van der Waals surface area contributed by atoms with Crippen LogP contribution in [-0.4, -0.2) is 13.0 Å². The summed E-state index contributed by atoms with van der Waals surface area (Å²) in [6.45, 7) is 2.11. The van der Waals surface area contributed by atoms with E-state index in [1.54, 1.807) is 24.3 Å². The molecule has 0 fully saturated rings. The minimum absolute atomic E-state index is 0. The van der Waals surface area contributed by atoms with Gasteiger partial charge in [-0.05, 0) is 37.1 Å². The Hall–Kier alpha value is -0.850. The van der Waals surface area contributed by atoms with Gasteiger partial charge in [0.1, 0.15) is 21.6 Å². The normalized spacial score (nSPS) is 10.9. The predicted molar refractivity (Wildman–Crippen MR) is 88.8 cm³/mol. The van der Waals surface area contributed by atoms with Crippen LogP contribution in [0.2, 0.25) is 0 Å². The van der Waals surface area contributed by atoms with E-state index in [9.17, 15) is 13.0 Å². The van der Waals surface area contributed by atoms with Crippen LogP contribution in [0.4, 0.5) is 0 Å². The van der Waals surface area contributed by atoms with Crippen molar-refractivity contribution in [2.24, 2.45) is 0 Å². The van der Waals surface area contributed by atoms with Gasteiger partial charge in [0, 0.05) is 5.56 Å². The van der Waals surface area contributed by atoms with Crippen molar-refractivity contribution in [3.05, 3.63) is 54.1 Å². The van der Waals surface area contributed by atoms with Gasteiger partial charge in [0.05, 0.1) is 4.90 Å². The van der Waals surface area contributed by atoms with E-state index in [-0.39, 0.29) is 34.5 Å². The second kappa shape index (κ2) is 10.2. The average molecular weight is 356 g/mol. The first-order valence-electron chi connectivity index (χ1n) is 7.83. The molecule has 0 saturated heterocycles. The number of hydrogen-bond acceptors (Lipinski definition) is 4. The average Bonchev–Trinajstić information content (AvgIpc) is 2.52. The molecule has 6 heteroatoms. The topological polar surface area (TPSA) is 66.4 Å². The molecule has 0 saturated carbocycles. The van der Waals surface area contributed by atoms with Crippen LogP contribution in [0, 0.1) is 0 Å². The third kappa shape index (κ3) is 6.22. The summed E-state index contributed by atoms with van der Waals surface area (Å²) in [6, 6.07) is 13.7. The third-order valence-electron chi connectivity index (χ3n) is 3.61. The van der Waals surface area contributed by atoms with E-state index in [2.05, 4.69) is 6.92 Å². The van der Waals surface area contributed by atoms with Crippen molar-refractivity contribution < 1.29 is 47.3 Å². The largest absolute Gasteiger partial charge is 1.00 e. The summed E-state index contributed by atoms with van der Waals surface area (Å²) in [5, 5.41) is 0. The van der Waals surface area contributed by atoms with Gasteiger partial charge in [-0.2, -0.15) is 0 Å². The first-order valence-corrected chi connectivity index (χ1v) is 9.24. The van der Waals surface area contributed by atoms with Gasteiger partial charge in [0.15, 0.2) is 0 Å². The quantitative estimate of drug-likeness (QED) is 0.409. The molecule has 0 atom stereocenters. The van der Waals surface area contributed by atoms with Crippen LogP contribution in [0.3, 0.4) is 0 Å². The maximum absolute atomic E-state index is 11.5. The molecule has 0 bridgehead atoms. The number of ether oxygens (including phenoxy) is 1. The first-order chi connectivity index (χ1) is 11.0. The molecule has 0 spiro atoms. The van der Waals surface area contributed by atoms with Crippen molar-refractivity contribution in [2.75, 3.05) is 0 Å². The minimum atomic E-state index is -4.52. The first kappa shape index (κ1) is 21.2. The molecular formula is C18H21NaO4S. The Morgan fingerprint density at radius 2 is 1.67 bits per heavy atom. The molecule has 0 aliphatic heterocycles. The fourth-order valence-corrected chi connectivity index (χ4v) is 3.22. The standard InChI is InChI=1S/C18H22O4S.Na/c1-2-3-4-8-12-16-17(22-15-10-6-5-7-11-15)13-9-14-18(16)23(19,20)21;/h5-7,9-11,13-14H,2-4,8,12H2,1H3,(H,19,20,21);/q;+1/p-1. The minimum Gasteiger partial charge on any atom is -0.744 e. The Labute approximate surface area is 166 Å². The fraction of sp³-hybridized carbons (Fsp3) is 0.333. The molecule has 0 heterocycles. The van der Waals surface area contributed by atoms with E-state index in [1.165, 1.54) is 6.07 Å². The number of benzene rings is 2. The van der Waals surface area contributed by atoms with E-state index < -0.39 is 10.1 Å². The van der Waals surface area contributed by atoms with Crippen LogP contribution in [-0.2, 0) is 16.5 Å². The van der Waals surface area contributed by atoms with E-state index in [0.29, 0.717) is 23.5 Å². The molecule has 0 radical (unpaired) electrons. The summed E-state index contributed by atoms with van der Waals surface area (Å²) < 4.78 is 40.4. The summed E-state index contributed by atoms with van der Waals surface area (Å²) >= 11 is 0. The van der Waals surface area contributed by atoms with Gasteiger partial charge in [-0.15, -0.1) is 0 Å². The molecule has 0 unspecified atom stereocenters. The second-order valence-electron chi connectivity index (χ2n) is 5.41. The van der Waals surface area contributed by atoms with Crippen molar-refractivity contribution in [1.82, 2.24) is 0 Å². The summed E-state index contributed by atoms with van der Waals surface area (Å²) in [5.41, 5.74) is 0.474. The van der Waals surface area contributed by atoms with Crippen LogP contribution in [0.1, 0.15) is 38.2 Å². The molecule has 0 N–H and O–H groups in total. The smallest absolute Gasteiger partial charge is 0.744 e. The number of para-hydroxylation sites is 1. The number of unbranched alkanes of at least 4 members (excludes halogenated alkanes) is 3. The van der Waals surface area contributed by atoms with Crippen LogP contribution < -0.4 is 34.3 Å². The van der Waals surface area contributed by atoms with Crippen molar-refractivity contribution in [3.8, 4) is 11.5 Å². The van der Waals surface area contributed by atoms with Crippen molar-refractivity contribution in [3.63, 3.8) is 0 Å². The van der Waals surface area contributed by atoms with Crippen LogP contribution in [0.15, 0.2) is 53.4 Å². The summed E-state index contributed by atoms with van der Waals surface area (Å²) in [6.07, 6.45) is 4.51. The van der Waals surface area contributed by atoms with Crippen molar-refractivity contribution in [2.45, 2.75) is 43.9 Å². The summed E-state index contributed by atoms with van der Waals surface area (Å²) in [7, 11) is -4.52. The van der Waals surface area contributed by atoms with Crippen LogP contribution in [0.25, 0.3) is 0 Å². The van der Waals surface area contributed by atoms with E-state index in [0.717, 1.165) is 25.7 Å². The predicted octanol–water partition coefficient (Wildman–Crippen LogP) is 1.51. The zero-order valence-electron chi connectivity index (χ0n) is 14.2. The fourth-order valence-electron chi connectivity index (χ4n) is 2.47.